The number of hydrogen-bond acceptors (Lipinski definition) is 3. The molecule has 0 aliphatic carbocycles. The predicted octanol–water partition coefficient (Wildman–Crippen LogP) is 3.70. The number of ether oxygens (including phenoxy) is 2. The van der Waals surface area contributed by atoms with Gasteiger partial charge in [0.05, 0.1) is 5.02 Å². The van der Waals surface area contributed by atoms with Gasteiger partial charge in [0.2, 0.25) is 0 Å². The van der Waals surface area contributed by atoms with Crippen molar-refractivity contribution in [3.05, 3.63) is 22.2 Å². The minimum Gasteiger partial charge on any atom is -0.486 e. The second-order valence-electron chi connectivity index (χ2n) is 5.90. The first-order chi connectivity index (χ1) is 9.68. The minimum atomic E-state index is 0.392. The molecule has 3 rings (SSSR count). The summed E-state index contributed by atoms with van der Waals surface area (Å²) in [5.74, 6) is 2.52. The number of piperidine rings is 1. The average Bonchev–Trinajstić information content (AvgIpc) is 2.47. The van der Waals surface area contributed by atoms with Crippen molar-refractivity contribution in [1.29, 1.82) is 0 Å². The molecule has 1 fully saturated rings. The third-order valence-corrected chi connectivity index (χ3v) is 4.58. The van der Waals surface area contributed by atoms with E-state index >= 15 is 0 Å². The molecule has 110 valence electrons. The lowest BCUT2D eigenvalue weighted by atomic mass is 9.83. The van der Waals surface area contributed by atoms with Gasteiger partial charge in [-0.3, -0.25) is 0 Å². The van der Waals surface area contributed by atoms with E-state index in [2.05, 4.69) is 25.2 Å². The van der Waals surface area contributed by atoms with Gasteiger partial charge in [-0.2, -0.15) is 0 Å². The molecule has 1 N–H and O–H groups in total. The SMILES string of the molecule is CC(C)c1c(C2CCNCC2)cc2c(c1Cl)OCCO2. The van der Waals surface area contributed by atoms with Gasteiger partial charge in [0, 0.05) is 0 Å². The highest BCUT2D eigenvalue weighted by atomic mass is 35.5. The van der Waals surface area contributed by atoms with Crippen LogP contribution in [0.1, 0.15) is 49.7 Å². The Hall–Kier alpha value is -0.930. The molecule has 0 spiro atoms. The summed E-state index contributed by atoms with van der Waals surface area (Å²) in [6.45, 7) is 7.74. The highest BCUT2D eigenvalue weighted by molar-refractivity contribution is 6.33. The number of rotatable bonds is 2. The predicted molar refractivity (Wildman–Crippen MR) is 81.4 cm³/mol. The van der Waals surface area contributed by atoms with Gasteiger partial charge in [0.25, 0.3) is 0 Å². The Kier molecular flexibility index (Phi) is 4.08. The molecule has 0 atom stereocenters. The topological polar surface area (TPSA) is 30.5 Å². The molecule has 1 aromatic rings. The van der Waals surface area contributed by atoms with Crippen molar-refractivity contribution in [3.63, 3.8) is 0 Å². The largest absolute Gasteiger partial charge is 0.486 e. The smallest absolute Gasteiger partial charge is 0.180 e. The Labute approximate surface area is 125 Å². The van der Waals surface area contributed by atoms with Crippen LogP contribution in [0.5, 0.6) is 11.5 Å². The van der Waals surface area contributed by atoms with Gasteiger partial charge in [0.1, 0.15) is 13.2 Å². The maximum Gasteiger partial charge on any atom is 0.180 e. The quantitative estimate of drug-likeness (QED) is 0.902. The zero-order valence-corrected chi connectivity index (χ0v) is 12.9. The Morgan fingerprint density at radius 3 is 2.60 bits per heavy atom. The van der Waals surface area contributed by atoms with E-state index in [-0.39, 0.29) is 0 Å². The fourth-order valence-corrected chi connectivity index (χ4v) is 3.71. The van der Waals surface area contributed by atoms with Gasteiger partial charge in [-0.05, 0) is 55.0 Å². The molecule has 0 saturated carbocycles. The molecule has 0 amide bonds. The summed E-state index contributed by atoms with van der Waals surface area (Å²) in [6.07, 6.45) is 2.32. The Morgan fingerprint density at radius 1 is 1.20 bits per heavy atom. The molecule has 3 nitrogen and oxygen atoms in total. The summed E-state index contributed by atoms with van der Waals surface area (Å²) in [6, 6.07) is 2.17. The fraction of sp³-hybridized carbons (Fsp3) is 0.625. The highest BCUT2D eigenvalue weighted by Gasteiger charge is 2.27. The van der Waals surface area contributed by atoms with Crippen LogP contribution in [0.2, 0.25) is 5.02 Å². The van der Waals surface area contributed by atoms with Crippen LogP contribution in [0, 0.1) is 0 Å². The molecule has 20 heavy (non-hydrogen) atoms. The van der Waals surface area contributed by atoms with E-state index in [0.29, 0.717) is 25.0 Å². The van der Waals surface area contributed by atoms with E-state index in [4.69, 9.17) is 21.1 Å². The molecule has 0 bridgehead atoms. The van der Waals surface area contributed by atoms with Crippen molar-refractivity contribution >= 4 is 11.6 Å². The molecule has 1 aromatic carbocycles. The van der Waals surface area contributed by atoms with Crippen LogP contribution in [-0.2, 0) is 0 Å². The average molecular weight is 296 g/mol. The van der Waals surface area contributed by atoms with Crippen LogP contribution in [-0.4, -0.2) is 26.3 Å². The van der Waals surface area contributed by atoms with Crippen molar-refractivity contribution in [3.8, 4) is 11.5 Å². The standard InChI is InChI=1S/C16H22ClNO2/c1-10(2)14-12(11-3-5-18-6-4-11)9-13-16(15(14)17)20-8-7-19-13/h9-11,18H,3-8H2,1-2H3. The zero-order chi connectivity index (χ0) is 14.1. The van der Waals surface area contributed by atoms with Crippen LogP contribution in [0.4, 0.5) is 0 Å². The molecule has 2 aliphatic rings. The number of fused-ring (bicyclic) bond motifs is 1. The summed E-state index contributed by atoms with van der Waals surface area (Å²) in [4.78, 5) is 0. The maximum atomic E-state index is 6.63. The summed E-state index contributed by atoms with van der Waals surface area (Å²) in [7, 11) is 0. The molecule has 2 heterocycles. The number of nitrogens with one attached hydrogen (secondary N) is 1. The molecule has 0 radical (unpaired) electrons. The van der Waals surface area contributed by atoms with Gasteiger partial charge in [-0.25, -0.2) is 0 Å². The van der Waals surface area contributed by atoms with Gasteiger partial charge in [-0.15, -0.1) is 0 Å². The zero-order valence-electron chi connectivity index (χ0n) is 12.2. The molecule has 4 heteroatoms. The molecule has 1 saturated heterocycles. The number of halogens is 1. The van der Waals surface area contributed by atoms with Gasteiger partial charge in [0.15, 0.2) is 11.5 Å². The summed E-state index contributed by atoms with van der Waals surface area (Å²) >= 11 is 6.63. The normalized spacial score (nSPS) is 19.4. The van der Waals surface area contributed by atoms with Crippen molar-refractivity contribution in [2.45, 2.75) is 38.5 Å². The van der Waals surface area contributed by atoms with Crippen molar-refractivity contribution in [1.82, 2.24) is 5.32 Å². The van der Waals surface area contributed by atoms with Crippen molar-refractivity contribution in [2.75, 3.05) is 26.3 Å². The summed E-state index contributed by atoms with van der Waals surface area (Å²) in [5.41, 5.74) is 2.60. The van der Waals surface area contributed by atoms with E-state index in [1.54, 1.807) is 0 Å². The Morgan fingerprint density at radius 2 is 1.90 bits per heavy atom. The Bertz CT molecular complexity index is 496. The first-order valence-corrected chi connectivity index (χ1v) is 7.89. The number of benzene rings is 1. The fourth-order valence-electron chi connectivity index (χ4n) is 3.24. The molecule has 0 aromatic heterocycles. The lowest BCUT2D eigenvalue weighted by molar-refractivity contribution is 0.171. The van der Waals surface area contributed by atoms with Gasteiger partial charge >= 0.3 is 0 Å². The van der Waals surface area contributed by atoms with Gasteiger partial charge < -0.3 is 14.8 Å². The first-order valence-electron chi connectivity index (χ1n) is 7.51. The maximum absolute atomic E-state index is 6.63. The lowest BCUT2D eigenvalue weighted by Crippen LogP contribution is -2.27. The summed E-state index contributed by atoms with van der Waals surface area (Å²) < 4.78 is 11.5. The second kappa shape index (κ2) is 5.82. The highest BCUT2D eigenvalue weighted by Crippen LogP contribution is 2.47. The summed E-state index contributed by atoms with van der Waals surface area (Å²) in [5, 5.41) is 4.18. The lowest BCUT2D eigenvalue weighted by Gasteiger charge is -2.30. The third-order valence-electron chi connectivity index (χ3n) is 4.20. The molecule has 0 unspecified atom stereocenters. The Balaban J connectivity index is 2.08. The van der Waals surface area contributed by atoms with Gasteiger partial charge in [-0.1, -0.05) is 25.4 Å². The van der Waals surface area contributed by atoms with Crippen LogP contribution in [0.3, 0.4) is 0 Å². The van der Waals surface area contributed by atoms with Crippen LogP contribution >= 0.6 is 11.6 Å². The molecular weight excluding hydrogens is 274 g/mol. The van der Waals surface area contributed by atoms with Crippen molar-refractivity contribution < 1.29 is 9.47 Å². The van der Waals surface area contributed by atoms with E-state index in [0.717, 1.165) is 42.5 Å². The van der Waals surface area contributed by atoms with Crippen molar-refractivity contribution in [2.24, 2.45) is 0 Å². The van der Waals surface area contributed by atoms with E-state index in [1.807, 2.05) is 0 Å². The van der Waals surface area contributed by atoms with E-state index in [9.17, 15) is 0 Å². The molecule has 2 aliphatic heterocycles. The third kappa shape index (κ3) is 2.49. The van der Waals surface area contributed by atoms with Crippen LogP contribution in [0.15, 0.2) is 6.07 Å². The van der Waals surface area contributed by atoms with E-state index in [1.165, 1.54) is 11.1 Å². The molecular formula is C16H22ClNO2. The minimum absolute atomic E-state index is 0.392. The van der Waals surface area contributed by atoms with Crippen LogP contribution < -0.4 is 14.8 Å². The van der Waals surface area contributed by atoms with E-state index < -0.39 is 0 Å². The van der Waals surface area contributed by atoms with Crippen LogP contribution in [0.25, 0.3) is 0 Å². The number of hydrogen-bond donors (Lipinski definition) is 1. The monoisotopic (exact) mass is 295 g/mol. The first kappa shape index (κ1) is 14.0. The second-order valence-corrected chi connectivity index (χ2v) is 6.27.